The highest BCUT2D eigenvalue weighted by Crippen LogP contribution is 2.35. The van der Waals surface area contributed by atoms with E-state index in [0.717, 1.165) is 43.8 Å². The van der Waals surface area contributed by atoms with Crippen LogP contribution in [0.4, 0.5) is 18.9 Å². The molecule has 0 unspecified atom stereocenters. The summed E-state index contributed by atoms with van der Waals surface area (Å²) in [6.07, 6.45) is 0.0960. The first-order valence-electron chi connectivity index (χ1n) is 9.20. The van der Waals surface area contributed by atoms with Gasteiger partial charge in [0.25, 0.3) is 10.0 Å². The van der Waals surface area contributed by atoms with Crippen LogP contribution in [0.5, 0.6) is 0 Å². The van der Waals surface area contributed by atoms with Crippen LogP contribution in [0.3, 0.4) is 0 Å². The number of imidazole rings is 1. The van der Waals surface area contributed by atoms with E-state index >= 15 is 0 Å². The maximum Gasteiger partial charge on any atom is 0.416 e. The molecule has 0 radical (unpaired) electrons. The van der Waals surface area contributed by atoms with Crippen LogP contribution in [0.1, 0.15) is 24.2 Å². The Balaban J connectivity index is 1.73. The first-order chi connectivity index (χ1) is 14.1. The molecule has 1 aliphatic heterocycles. The Kier molecular flexibility index (Phi) is 5.27. The molecule has 3 aromatic rings. The van der Waals surface area contributed by atoms with Gasteiger partial charge in [-0.2, -0.15) is 13.2 Å². The minimum absolute atomic E-state index is 0.210. The van der Waals surface area contributed by atoms with Gasteiger partial charge < -0.3 is 4.57 Å². The van der Waals surface area contributed by atoms with Gasteiger partial charge in [0.2, 0.25) is 0 Å². The summed E-state index contributed by atoms with van der Waals surface area (Å²) in [6.45, 7) is 0.843. The average Bonchev–Trinajstić information content (AvgIpc) is 3.11. The topological polar surface area (TPSA) is 64.0 Å². The van der Waals surface area contributed by atoms with Crippen LogP contribution in [0.25, 0.3) is 11.3 Å². The quantitative estimate of drug-likeness (QED) is 0.576. The Hall–Kier alpha value is -2.52. The molecule has 2 heterocycles. The third kappa shape index (κ3) is 4.04. The van der Waals surface area contributed by atoms with E-state index in [1.54, 1.807) is 18.2 Å². The van der Waals surface area contributed by atoms with E-state index < -0.39 is 26.7 Å². The number of anilines is 1. The molecule has 0 spiro atoms. The fourth-order valence-electron chi connectivity index (χ4n) is 3.42. The maximum absolute atomic E-state index is 13.0. The second-order valence-corrected chi connectivity index (χ2v) is 9.04. The van der Waals surface area contributed by atoms with Crippen molar-refractivity contribution in [1.82, 2.24) is 9.55 Å². The number of nitrogens with one attached hydrogen (secondary N) is 1. The molecule has 0 aliphatic carbocycles. The molecule has 0 amide bonds. The number of sulfonamides is 1. The molecule has 2 aromatic carbocycles. The molecule has 10 heteroatoms. The largest absolute Gasteiger partial charge is 0.416 e. The molecule has 4 rings (SSSR count). The van der Waals surface area contributed by atoms with E-state index in [9.17, 15) is 21.6 Å². The van der Waals surface area contributed by atoms with Crippen molar-refractivity contribution in [3.63, 3.8) is 0 Å². The van der Waals surface area contributed by atoms with E-state index in [4.69, 9.17) is 11.6 Å². The van der Waals surface area contributed by atoms with Gasteiger partial charge in [-0.15, -0.1) is 0 Å². The first-order valence-corrected chi connectivity index (χ1v) is 11.1. The highest BCUT2D eigenvalue weighted by Gasteiger charge is 2.33. The molecule has 0 fully saturated rings. The van der Waals surface area contributed by atoms with Crippen molar-refractivity contribution in [2.75, 3.05) is 4.72 Å². The molecular formula is C20H17ClF3N3O2S. The van der Waals surface area contributed by atoms with Crippen LogP contribution >= 0.6 is 11.6 Å². The molecule has 158 valence electrons. The maximum atomic E-state index is 13.0. The molecule has 0 atom stereocenters. The van der Waals surface area contributed by atoms with E-state index in [1.165, 1.54) is 6.07 Å². The van der Waals surface area contributed by atoms with Crippen LogP contribution in [-0.4, -0.2) is 18.0 Å². The molecule has 1 aromatic heterocycles. The Bertz CT molecular complexity index is 1180. The van der Waals surface area contributed by atoms with Crippen LogP contribution in [0.15, 0.2) is 53.6 Å². The van der Waals surface area contributed by atoms with Gasteiger partial charge in [0, 0.05) is 24.7 Å². The zero-order chi connectivity index (χ0) is 21.5. The lowest BCUT2D eigenvalue weighted by molar-refractivity contribution is -0.137. The Morgan fingerprint density at radius 1 is 1.10 bits per heavy atom. The summed E-state index contributed by atoms with van der Waals surface area (Å²) in [7, 11) is -4.38. The Morgan fingerprint density at radius 3 is 2.60 bits per heavy atom. The molecule has 0 saturated carbocycles. The lowest BCUT2D eigenvalue weighted by Crippen LogP contribution is -2.16. The smallest absolute Gasteiger partial charge is 0.334 e. The minimum Gasteiger partial charge on any atom is -0.334 e. The summed E-state index contributed by atoms with van der Waals surface area (Å²) in [4.78, 5) is 3.96. The lowest BCUT2D eigenvalue weighted by Gasteiger charge is -2.14. The highest BCUT2D eigenvalue weighted by atomic mass is 35.5. The van der Waals surface area contributed by atoms with Crippen LogP contribution in [0.2, 0.25) is 5.02 Å². The zero-order valence-corrected chi connectivity index (χ0v) is 17.2. The molecule has 1 aliphatic rings. The van der Waals surface area contributed by atoms with Crippen molar-refractivity contribution < 1.29 is 21.6 Å². The van der Waals surface area contributed by atoms with Crippen molar-refractivity contribution in [2.45, 2.75) is 36.9 Å². The summed E-state index contributed by atoms with van der Waals surface area (Å²) in [5, 5.41) is -0.301. The molecule has 0 saturated heterocycles. The molecule has 0 bridgehead atoms. The number of alkyl halides is 3. The van der Waals surface area contributed by atoms with Gasteiger partial charge in [-0.25, -0.2) is 13.4 Å². The van der Waals surface area contributed by atoms with Gasteiger partial charge in [0.05, 0.1) is 22.0 Å². The number of aryl methyl sites for hydroxylation is 2. The number of aromatic nitrogens is 2. The standard InChI is InChI=1S/C20H17ClF3N3O2S/c21-15-9-8-13(20(22,23)24)11-18(15)30(28,29)26-16-6-2-1-5-14(16)17-12-27-10-4-3-7-19(27)25-17/h1-2,5-6,8-9,11-12,26H,3-4,7,10H2. The predicted octanol–water partition coefficient (Wildman–Crippen LogP) is 5.36. The van der Waals surface area contributed by atoms with E-state index in [2.05, 4.69) is 9.71 Å². The van der Waals surface area contributed by atoms with Crippen molar-refractivity contribution >= 4 is 27.3 Å². The van der Waals surface area contributed by atoms with Gasteiger partial charge in [0.1, 0.15) is 10.7 Å². The third-order valence-electron chi connectivity index (χ3n) is 4.90. The minimum atomic E-state index is -4.69. The Labute approximate surface area is 176 Å². The van der Waals surface area contributed by atoms with Gasteiger partial charge in [-0.3, -0.25) is 4.72 Å². The number of nitrogens with zero attached hydrogens (tertiary/aromatic N) is 2. The number of hydrogen-bond acceptors (Lipinski definition) is 3. The number of benzene rings is 2. The second kappa shape index (κ2) is 7.63. The van der Waals surface area contributed by atoms with E-state index in [-0.39, 0.29) is 10.7 Å². The monoisotopic (exact) mass is 455 g/mol. The van der Waals surface area contributed by atoms with Crippen molar-refractivity contribution in [1.29, 1.82) is 0 Å². The summed E-state index contributed by atoms with van der Waals surface area (Å²) >= 11 is 5.92. The van der Waals surface area contributed by atoms with Crippen molar-refractivity contribution in [3.8, 4) is 11.3 Å². The molecule has 1 N–H and O–H groups in total. The zero-order valence-electron chi connectivity index (χ0n) is 15.6. The average molecular weight is 456 g/mol. The summed E-state index contributed by atoms with van der Waals surface area (Å²) in [6, 6.07) is 8.81. The van der Waals surface area contributed by atoms with Crippen molar-refractivity contribution in [2.24, 2.45) is 0 Å². The lowest BCUT2D eigenvalue weighted by atomic mass is 10.1. The second-order valence-electron chi connectivity index (χ2n) is 6.99. The predicted molar refractivity (Wildman–Crippen MR) is 108 cm³/mol. The van der Waals surface area contributed by atoms with Gasteiger partial charge in [-0.05, 0) is 37.1 Å². The fourth-order valence-corrected chi connectivity index (χ4v) is 5.03. The fraction of sp³-hybridized carbons (Fsp3) is 0.250. The SMILES string of the molecule is O=S(=O)(Nc1ccccc1-c1cn2c(n1)CCCC2)c1cc(C(F)(F)F)ccc1Cl. The summed E-state index contributed by atoms with van der Waals surface area (Å²) in [5.74, 6) is 0.926. The first kappa shape index (κ1) is 20.7. The van der Waals surface area contributed by atoms with Crippen molar-refractivity contribution in [3.05, 3.63) is 65.1 Å². The van der Waals surface area contributed by atoms with E-state index in [0.29, 0.717) is 17.3 Å². The number of halogens is 4. The van der Waals surface area contributed by atoms with Crippen LogP contribution < -0.4 is 4.72 Å². The third-order valence-corrected chi connectivity index (χ3v) is 6.75. The molecular weight excluding hydrogens is 439 g/mol. The highest BCUT2D eigenvalue weighted by molar-refractivity contribution is 7.92. The summed E-state index contributed by atoms with van der Waals surface area (Å²) < 4.78 is 69.3. The van der Waals surface area contributed by atoms with Crippen LogP contribution in [-0.2, 0) is 29.2 Å². The number of fused-ring (bicyclic) bond motifs is 1. The normalized spacial score (nSPS) is 14.4. The number of hydrogen-bond donors (Lipinski definition) is 1. The van der Waals surface area contributed by atoms with Gasteiger partial charge in [0.15, 0.2) is 0 Å². The number of para-hydroxylation sites is 1. The molecule has 30 heavy (non-hydrogen) atoms. The van der Waals surface area contributed by atoms with Gasteiger partial charge >= 0.3 is 6.18 Å². The van der Waals surface area contributed by atoms with E-state index in [1.807, 2.05) is 10.8 Å². The summed E-state index contributed by atoms with van der Waals surface area (Å²) in [5.41, 5.74) is 0.246. The van der Waals surface area contributed by atoms with Crippen LogP contribution in [0, 0.1) is 0 Å². The number of rotatable bonds is 4. The Morgan fingerprint density at radius 2 is 1.87 bits per heavy atom. The van der Waals surface area contributed by atoms with Gasteiger partial charge in [-0.1, -0.05) is 29.8 Å². The molecule has 5 nitrogen and oxygen atoms in total.